The van der Waals surface area contributed by atoms with Gasteiger partial charge in [-0.1, -0.05) is 6.92 Å². The zero-order valence-corrected chi connectivity index (χ0v) is 12.9. The summed E-state index contributed by atoms with van der Waals surface area (Å²) in [4.78, 5) is 22.2. The molecule has 0 spiro atoms. The van der Waals surface area contributed by atoms with Crippen LogP contribution in [0, 0.1) is 0 Å². The summed E-state index contributed by atoms with van der Waals surface area (Å²) < 4.78 is 21.8. The molecule has 118 valence electrons. The van der Waals surface area contributed by atoms with Crippen molar-refractivity contribution in [2.75, 3.05) is 31.6 Å². The van der Waals surface area contributed by atoms with Crippen molar-refractivity contribution in [3.05, 3.63) is 0 Å². The van der Waals surface area contributed by atoms with Crippen LogP contribution >= 0.6 is 0 Å². The highest BCUT2D eigenvalue weighted by atomic mass is 32.2. The van der Waals surface area contributed by atoms with Crippen LogP contribution in [0.3, 0.4) is 0 Å². The summed E-state index contributed by atoms with van der Waals surface area (Å²) >= 11 is 0. The van der Waals surface area contributed by atoms with Crippen LogP contribution < -0.4 is 5.32 Å². The van der Waals surface area contributed by atoms with E-state index in [9.17, 15) is 13.2 Å². The summed E-state index contributed by atoms with van der Waals surface area (Å²) in [5, 5.41) is 9.71. The molecule has 1 fully saturated rings. The number of nitrogens with zero attached hydrogens (tertiary/aromatic N) is 1. The fourth-order valence-electron chi connectivity index (χ4n) is 2.14. The minimum absolute atomic E-state index is 0.0671. The molecule has 0 radical (unpaired) electrons. The topological polar surface area (TPSA) is 104 Å². The largest absolute Gasteiger partial charge is 0.483 e. The summed E-state index contributed by atoms with van der Waals surface area (Å²) in [5.41, 5.74) is 0. The van der Waals surface area contributed by atoms with E-state index in [2.05, 4.69) is 17.1 Å². The SMILES string of the molecule is CCN1CCCC1CNC(=O)CCS(C)(=O)=O.O=CO. The highest BCUT2D eigenvalue weighted by Gasteiger charge is 2.23. The molecule has 20 heavy (non-hydrogen) atoms. The van der Waals surface area contributed by atoms with Crippen LogP contribution in [-0.2, 0) is 19.4 Å². The van der Waals surface area contributed by atoms with Crippen molar-refractivity contribution >= 4 is 22.2 Å². The summed E-state index contributed by atoms with van der Waals surface area (Å²) in [6, 6.07) is 0.419. The monoisotopic (exact) mass is 308 g/mol. The normalized spacial score (nSPS) is 19.0. The number of likely N-dealkylation sites (N-methyl/N-ethyl adjacent to an activating group) is 1. The Morgan fingerprint density at radius 2 is 2.10 bits per heavy atom. The third kappa shape index (κ3) is 8.87. The fourth-order valence-corrected chi connectivity index (χ4v) is 2.70. The molecule has 1 amide bonds. The lowest BCUT2D eigenvalue weighted by Gasteiger charge is -2.22. The van der Waals surface area contributed by atoms with Gasteiger partial charge < -0.3 is 10.4 Å². The highest BCUT2D eigenvalue weighted by molar-refractivity contribution is 7.90. The second-order valence-electron chi connectivity index (χ2n) is 4.71. The molecule has 1 rings (SSSR count). The Balaban J connectivity index is 0.00000110. The molecule has 0 aromatic heterocycles. The maximum absolute atomic E-state index is 11.4. The molecule has 0 aliphatic carbocycles. The van der Waals surface area contributed by atoms with Gasteiger partial charge in [0.1, 0.15) is 9.84 Å². The van der Waals surface area contributed by atoms with E-state index in [4.69, 9.17) is 9.90 Å². The average molecular weight is 308 g/mol. The average Bonchev–Trinajstić information content (AvgIpc) is 2.81. The Labute approximate surface area is 120 Å². The molecule has 0 saturated carbocycles. The molecule has 1 atom stereocenters. The van der Waals surface area contributed by atoms with Crippen LogP contribution in [0.25, 0.3) is 0 Å². The number of hydrogen-bond acceptors (Lipinski definition) is 5. The zero-order chi connectivity index (χ0) is 15.6. The van der Waals surface area contributed by atoms with E-state index in [0.717, 1.165) is 25.8 Å². The number of sulfone groups is 1. The summed E-state index contributed by atoms with van der Waals surface area (Å²) in [7, 11) is -3.04. The van der Waals surface area contributed by atoms with E-state index in [-0.39, 0.29) is 24.6 Å². The predicted octanol–water partition coefficient (Wildman–Crippen LogP) is -0.278. The molecule has 1 heterocycles. The van der Waals surface area contributed by atoms with Gasteiger partial charge in [0.2, 0.25) is 5.91 Å². The number of rotatable bonds is 6. The van der Waals surface area contributed by atoms with Crippen molar-refractivity contribution in [1.82, 2.24) is 10.2 Å². The van der Waals surface area contributed by atoms with Crippen molar-refractivity contribution in [3.63, 3.8) is 0 Å². The summed E-state index contributed by atoms with van der Waals surface area (Å²) in [5.74, 6) is -0.237. The van der Waals surface area contributed by atoms with Crippen LogP contribution in [0.4, 0.5) is 0 Å². The van der Waals surface area contributed by atoms with E-state index in [0.29, 0.717) is 12.6 Å². The van der Waals surface area contributed by atoms with E-state index in [1.165, 1.54) is 6.42 Å². The molecular weight excluding hydrogens is 284 g/mol. The van der Waals surface area contributed by atoms with Gasteiger partial charge in [0.15, 0.2) is 0 Å². The molecule has 2 N–H and O–H groups in total. The van der Waals surface area contributed by atoms with Gasteiger partial charge in [0.05, 0.1) is 5.75 Å². The van der Waals surface area contributed by atoms with Gasteiger partial charge >= 0.3 is 0 Å². The van der Waals surface area contributed by atoms with Gasteiger partial charge in [-0.05, 0) is 25.9 Å². The third-order valence-corrected chi connectivity index (χ3v) is 4.09. The van der Waals surface area contributed by atoms with Gasteiger partial charge in [-0.25, -0.2) is 8.42 Å². The van der Waals surface area contributed by atoms with E-state index in [1.54, 1.807) is 0 Å². The molecule has 8 heteroatoms. The predicted molar refractivity (Wildman–Crippen MR) is 76.3 cm³/mol. The van der Waals surface area contributed by atoms with Crippen molar-refractivity contribution in [1.29, 1.82) is 0 Å². The third-order valence-electron chi connectivity index (χ3n) is 3.14. The summed E-state index contributed by atoms with van der Waals surface area (Å²) in [6.45, 7) is 4.60. The lowest BCUT2D eigenvalue weighted by molar-refractivity contribution is -0.123. The Kier molecular flexibility index (Phi) is 9.15. The summed E-state index contributed by atoms with van der Waals surface area (Å²) in [6.07, 6.45) is 3.51. The zero-order valence-electron chi connectivity index (χ0n) is 12.0. The first-order valence-corrected chi connectivity index (χ1v) is 8.66. The fraction of sp³-hybridized carbons (Fsp3) is 0.833. The van der Waals surface area contributed by atoms with Crippen molar-refractivity contribution in [2.45, 2.75) is 32.2 Å². The van der Waals surface area contributed by atoms with Gasteiger partial charge in [-0.2, -0.15) is 0 Å². The maximum atomic E-state index is 11.4. The number of nitrogens with one attached hydrogen (secondary N) is 1. The van der Waals surface area contributed by atoms with E-state index >= 15 is 0 Å². The van der Waals surface area contributed by atoms with Gasteiger partial charge in [-0.15, -0.1) is 0 Å². The van der Waals surface area contributed by atoms with Gasteiger partial charge in [-0.3, -0.25) is 14.5 Å². The van der Waals surface area contributed by atoms with Crippen LogP contribution in [0.15, 0.2) is 0 Å². The van der Waals surface area contributed by atoms with Crippen molar-refractivity contribution < 1.29 is 23.1 Å². The van der Waals surface area contributed by atoms with E-state index in [1.807, 2.05) is 0 Å². The molecular formula is C12H24N2O5S. The molecule has 1 aliphatic heterocycles. The number of hydrogen-bond donors (Lipinski definition) is 2. The molecule has 1 unspecified atom stereocenters. The van der Waals surface area contributed by atoms with Crippen LogP contribution in [0.5, 0.6) is 0 Å². The first kappa shape index (κ1) is 18.9. The molecule has 0 aromatic rings. The minimum Gasteiger partial charge on any atom is -0.483 e. The number of likely N-dealkylation sites (tertiary alicyclic amines) is 1. The number of carboxylic acid groups (broad SMARTS) is 1. The second-order valence-corrected chi connectivity index (χ2v) is 6.97. The second kappa shape index (κ2) is 9.71. The minimum atomic E-state index is -3.04. The Hall–Kier alpha value is -1.15. The Bertz CT molecular complexity index is 397. The molecule has 1 saturated heterocycles. The lowest BCUT2D eigenvalue weighted by Crippen LogP contribution is -2.40. The number of carbonyl (C=O) groups is 2. The van der Waals surface area contributed by atoms with Crippen LogP contribution in [-0.4, -0.2) is 68.5 Å². The maximum Gasteiger partial charge on any atom is 0.290 e. The first-order chi connectivity index (χ1) is 9.34. The molecule has 7 nitrogen and oxygen atoms in total. The smallest absolute Gasteiger partial charge is 0.290 e. The van der Waals surface area contributed by atoms with Crippen molar-refractivity contribution in [3.8, 4) is 0 Å². The molecule has 0 bridgehead atoms. The number of carbonyl (C=O) groups excluding carboxylic acids is 1. The first-order valence-electron chi connectivity index (χ1n) is 6.60. The van der Waals surface area contributed by atoms with Crippen LogP contribution in [0.2, 0.25) is 0 Å². The van der Waals surface area contributed by atoms with E-state index < -0.39 is 9.84 Å². The highest BCUT2D eigenvalue weighted by Crippen LogP contribution is 2.15. The van der Waals surface area contributed by atoms with Gasteiger partial charge in [0.25, 0.3) is 6.47 Å². The molecule has 0 aromatic carbocycles. The quantitative estimate of drug-likeness (QED) is 0.654. The van der Waals surface area contributed by atoms with Crippen LogP contribution in [0.1, 0.15) is 26.2 Å². The number of amides is 1. The lowest BCUT2D eigenvalue weighted by atomic mass is 10.2. The Morgan fingerprint density at radius 1 is 1.50 bits per heavy atom. The molecule has 1 aliphatic rings. The Morgan fingerprint density at radius 3 is 2.60 bits per heavy atom. The van der Waals surface area contributed by atoms with Gasteiger partial charge in [0, 0.05) is 25.3 Å². The van der Waals surface area contributed by atoms with Crippen molar-refractivity contribution in [2.24, 2.45) is 0 Å². The standard InChI is InChI=1S/C11H22N2O3S.CH2O2/c1-3-13-7-4-5-10(13)9-12-11(14)6-8-17(2,15)16;2-1-3/h10H,3-9H2,1-2H3,(H,12,14);1H,(H,2,3).